The van der Waals surface area contributed by atoms with Gasteiger partial charge in [0.2, 0.25) is 5.91 Å². The minimum atomic E-state index is -0.581. The lowest BCUT2D eigenvalue weighted by atomic mass is 9.94. The Balaban J connectivity index is 1.78. The maximum atomic E-state index is 12.9. The zero-order valence-corrected chi connectivity index (χ0v) is 17.5. The van der Waals surface area contributed by atoms with Crippen LogP contribution in [-0.4, -0.2) is 31.0 Å². The van der Waals surface area contributed by atoms with Crippen molar-refractivity contribution in [3.63, 3.8) is 0 Å². The number of benzene rings is 1. The van der Waals surface area contributed by atoms with Crippen molar-refractivity contribution in [3.8, 4) is 11.5 Å². The van der Waals surface area contributed by atoms with Crippen molar-refractivity contribution in [1.82, 2.24) is 19.2 Å². The number of carbonyl (C=O) groups is 1. The van der Waals surface area contributed by atoms with Crippen LogP contribution in [0.1, 0.15) is 36.2 Å². The molecule has 0 aliphatic carbocycles. The Morgan fingerprint density at radius 2 is 1.86 bits per heavy atom. The van der Waals surface area contributed by atoms with E-state index in [-0.39, 0.29) is 5.91 Å². The van der Waals surface area contributed by atoms with E-state index in [1.807, 2.05) is 48.0 Å². The molecule has 0 radical (unpaired) electrons. The average Bonchev–Trinajstić information content (AvgIpc) is 3.38. The molecule has 0 saturated heterocycles. The standard InChI is InChI=1S/C22H25ClN4O/c1-15-7-8-17(11-16(15)2)27-20(25-9-5-6-10-25)18-12-26(13-19(18)24-27)21(28)22(3,4)14-23/h5-11H,12-14H2,1-4H3. The van der Waals surface area contributed by atoms with Gasteiger partial charge in [-0.15, -0.1) is 11.6 Å². The highest BCUT2D eigenvalue weighted by molar-refractivity contribution is 6.19. The monoisotopic (exact) mass is 396 g/mol. The molecule has 5 nitrogen and oxygen atoms in total. The lowest BCUT2D eigenvalue weighted by molar-refractivity contribution is -0.139. The van der Waals surface area contributed by atoms with Crippen molar-refractivity contribution in [2.24, 2.45) is 5.41 Å². The highest BCUT2D eigenvalue weighted by Crippen LogP contribution is 2.33. The van der Waals surface area contributed by atoms with Gasteiger partial charge in [-0.2, -0.15) is 5.10 Å². The molecule has 6 heteroatoms. The molecule has 0 spiro atoms. The van der Waals surface area contributed by atoms with Crippen LogP contribution in [-0.2, 0) is 17.9 Å². The zero-order valence-electron chi connectivity index (χ0n) is 16.7. The minimum Gasteiger partial charge on any atom is -0.332 e. The van der Waals surface area contributed by atoms with Crippen molar-refractivity contribution in [3.05, 3.63) is 65.1 Å². The van der Waals surface area contributed by atoms with Crippen LogP contribution in [0.3, 0.4) is 0 Å². The van der Waals surface area contributed by atoms with Crippen LogP contribution in [0.15, 0.2) is 42.7 Å². The number of aryl methyl sites for hydroxylation is 2. The lowest BCUT2D eigenvalue weighted by Crippen LogP contribution is -2.39. The number of alkyl halides is 1. The van der Waals surface area contributed by atoms with Crippen molar-refractivity contribution in [1.29, 1.82) is 0 Å². The predicted molar refractivity (Wildman–Crippen MR) is 111 cm³/mol. The van der Waals surface area contributed by atoms with E-state index < -0.39 is 5.41 Å². The quantitative estimate of drug-likeness (QED) is 0.614. The lowest BCUT2D eigenvalue weighted by Gasteiger charge is -2.27. The molecule has 0 N–H and O–H groups in total. The fourth-order valence-corrected chi connectivity index (χ4v) is 3.72. The number of hydrogen-bond acceptors (Lipinski definition) is 2. The molecule has 0 fully saturated rings. The van der Waals surface area contributed by atoms with E-state index in [1.54, 1.807) is 0 Å². The second-order valence-electron chi connectivity index (χ2n) is 8.20. The topological polar surface area (TPSA) is 43.1 Å². The van der Waals surface area contributed by atoms with Gasteiger partial charge in [0.1, 0.15) is 5.82 Å². The van der Waals surface area contributed by atoms with E-state index in [0.29, 0.717) is 19.0 Å². The van der Waals surface area contributed by atoms with Crippen LogP contribution in [0.25, 0.3) is 11.5 Å². The Morgan fingerprint density at radius 1 is 1.14 bits per heavy atom. The molecule has 0 saturated carbocycles. The number of amides is 1. The fraction of sp³-hybridized carbons (Fsp3) is 0.364. The van der Waals surface area contributed by atoms with E-state index in [0.717, 1.165) is 22.8 Å². The van der Waals surface area contributed by atoms with Gasteiger partial charge < -0.3 is 9.47 Å². The molecule has 1 amide bonds. The molecule has 1 aliphatic rings. The van der Waals surface area contributed by atoms with Gasteiger partial charge in [-0.3, -0.25) is 4.79 Å². The van der Waals surface area contributed by atoms with Crippen molar-refractivity contribution in [2.45, 2.75) is 40.8 Å². The largest absolute Gasteiger partial charge is 0.332 e. The second-order valence-corrected chi connectivity index (χ2v) is 8.47. The molecule has 0 bridgehead atoms. The first kappa shape index (κ1) is 18.8. The molecule has 1 aromatic carbocycles. The summed E-state index contributed by atoms with van der Waals surface area (Å²) in [6.45, 7) is 9.06. The highest BCUT2D eigenvalue weighted by atomic mass is 35.5. The molecule has 146 valence electrons. The third-order valence-corrected chi connectivity index (χ3v) is 6.18. The van der Waals surface area contributed by atoms with Crippen LogP contribution in [0, 0.1) is 19.3 Å². The Morgan fingerprint density at radius 3 is 2.50 bits per heavy atom. The first-order valence-corrected chi connectivity index (χ1v) is 10.0. The summed E-state index contributed by atoms with van der Waals surface area (Å²) < 4.78 is 4.06. The summed E-state index contributed by atoms with van der Waals surface area (Å²) in [6, 6.07) is 10.4. The molecule has 2 aromatic heterocycles. The van der Waals surface area contributed by atoms with Crippen LogP contribution < -0.4 is 0 Å². The summed E-state index contributed by atoms with van der Waals surface area (Å²) in [4.78, 5) is 14.8. The van der Waals surface area contributed by atoms with Gasteiger partial charge in [-0.05, 0) is 63.1 Å². The SMILES string of the molecule is Cc1ccc(-n2nc3c(c2-n2cccc2)CN(C(=O)C(C)(C)CCl)C3)cc1C. The molecule has 3 aromatic rings. The third-order valence-electron chi connectivity index (χ3n) is 5.51. The molecule has 0 unspecified atom stereocenters. The Hall–Kier alpha value is -2.53. The fourth-order valence-electron chi connectivity index (χ4n) is 3.61. The first-order valence-electron chi connectivity index (χ1n) is 9.49. The van der Waals surface area contributed by atoms with Gasteiger partial charge >= 0.3 is 0 Å². The smallest absolute Gasteiger partial charge is 0.230 e. The Labute approximate surface area is 170 Å². The maximum absolute atomic E-state index is 12.9. The highest BCUT2D eigenvalue weighted by Gasteiger charge is 2.37. The van der Waals surface area contributed by atoms with Gasteiger partial charge in [-0.1, -0.05) is 6.07 Å². The van der Waals surface area contributed by atoms with Crippen molar-refractivity contribution >= 4 is 17.5 Å². The number of hydrogen-bond donors (Lipinski definition) is 0. The van der Waals surface area contributed by atoms with Gasteiger partial charge in [0.05, 0.1) is 29.9 Å². The molecular weight excluding hydrogens is 372 g/mol. The number of carbonyl (C=O) groups excluding carboxylic acids is 1. The summed E-state index contributed by atoms with van der Waals surface area (Å²) in [7, 11) is 0. The Kier molecular flexibility index (Phi) is 4.58. The number of nitrogens with zero attached hydrogens (tertiary/aromatic N) is 4. The summed E-state index contributed by atoms with van der Waals surface area (Å²) in [5.41, 5.74) is 4.97. The normalized spacial score (nSPS) is 13.8. The van der Waals surface area contributed by atoms with E-state index in [2.05, 4.69) is 36.6 Å². The minimum absolute atomic E-state index is 0.0664. The molecular formula is C22H25ClN4O. The van der Waals surface area contributed by atoms with Crippen molar-refractivity contribution < 1.29 is 4.79 Å². The molecule has 28 heavy (non-hydrogen) atoms. The summed E-state index contributed by atoms with van der Waals surface area (Å²) >= 11 is 6.03. The van der Waals surface area contributed by atoms with E-state index in [9.17, 15) is 4.79 Å². The molecule has 0 atom stereocenters. The van der Waals surface area contributed by atoms with Gasteiger partial charge in [0, 0.05) is 23.8 Å². The van der Waals surface area contributed by atoms with Gasteiger partial charge in [0.25, 0.3) is 0 Å². The first-order chi connectivity index (χ1) is 13.3. The van der Waals surface area contributed by atoms with Gasteiger partial charge in [0.15, 0.2) is 0 Å². The third kappa shape index (κ3) is 3.04. The second kappa shape index (κ2) is 6.82. The number of halogens is 1. The van der Waals surface area contributed by atoms with Crippen LogP contribution in [0.2, 0.25) is 0 Å². The number of rotatable bonds is 4. The molecule has 4 rings (SSSR count). The molecule has 3 heterocycles. The molecule has 1 aliphatic heterocycles. The predicted octanol–water partition coefficient (Wildman–Crippen LogP) is 4.39. The number of aromatic nitrogens is 3. The zero-order chi connectivity index (χ0) is 20.1. The van der Waals surface area contributed by atoms with Crippen LogP contribution in [0.5, 0.6) is 0 Å². The summed E-state index contributed by atoms with van der Waals surface area (Å²) in [6.07, 6.45) is 4.03. The van der Waals surface area contributed by atoms with E-state index in [4.69, 9.17) is 16.7 Å². The van der Waals surface area contributed by atoms with Crippen molar-refractivity contribution in [2.75, 3.05) is 5.88 Å². The average molecular weight is 397 g/mol. The van der Waals surface area contributed by atoms with Gasteiger partial charge in [-0.25, -0.2) is 4.68 Å². The van der Waals surface area contributed by atoms with Crippen LogP contribution in [0.4, 0.5) is 0 Å². The van der Waals surface area contributed by atoms with E-state index >= 15 is 0 Å². The van der Waals surface area contributed by atoms with E-state index in [1.165, 1.54) is 11.1 Å². The maximum Gasteiger partial charge on any atom is 0.230 e. The number of fused-ring (bicyclic) bond motifs is 1. The Bertz CT molecular complexity index is 1030. The van der Waals surface area contributed by atoms with Crippen LogP contribution >= 0.6 is 11.6 Å². The summed E-state index contributed by atoms with van der Waals surface area (Å²) in [5, 5.41) is 4.90. The summed E-state index contributed by atoms with van der Waals surface area (Å²) in [5.74, 6) is 1.35.